The van der Waals surface area contributed by atoms with Crippen molar-refractivity contribution in [3.05, 3.63) is 29.0 Å². The Morgan fingerprint density at radius 3 is 2.82 bits per heavy atom. The van der Waals surface area contributed by atoms with E-state index in [2.05, 4.69) is 24.1 Å². The number of carbonyl (C=O) groups excluding carboxylic acids is 1. The van der Waals surface area contributed by atoms with Crippen molar-refractivity contribution >= 4 is 29.1 Å². The number of nitrogens with zero attached hydrogens (tertiary/aromatic N) is 1. The minimum absolute atomic E-state index is 0.0560. The number of hydrogen-bond donors (Lipinski definition) is 1. The fourth-order valence-electron chi connectivity index (χ4n) is 1.45. The molecule has 0 fully saturated rings. The standard InChI is InChI=1S/C12H16Cl2N2O/c1-8(2)5-9(13)6-16-12(17)10-3-4-15-7-11(10)14/h3-4,7-9H,5-6H2,1-2H3,(H,16,17). The minimum Gasteiger partial charge on any atom is -0.351 e. The largest absolute Gasteiger partial charge is 0.351 e. The zero-order valence-corrected chi connectivity index (χ0v) is 11.4. The SMILES string of the molecule is CC(C)CC(Cl)CNC(=O)c1ccncc1Cl. The van der Waals surface area contributed by atoms with Gasteiger partial charge in [-0.3, -0.25) is 9.78 Å². The van der Waals surface area contributed by atoms with Crippen LogP contribution in [0.5, 0.6) is 0 Å². The van der Waals surface area contributed by atoms with Gasteiger partial charge in [-0.25, -0.2) is 0 Å². The van der Waals surface area contributed by atoms with Crippen LogP contribution < -0.4 is 5.32 Å². The lowest BCUT2D eigenvalue weighted by atomic mass is 10.1. The third kappa shape index (κ3) is 4.92. The number of carbonyl (C=O) groups is 1. The molecule has 1 atom stereocenters. The van der Waals surface area contributed by atoms with Gasteiger partial charge in [0.1, 0.15) is 0 Å². The van der Waals surface area contributed by atoms with E-state index in [1.165, 1.54) is 12.4 Å². The van der Waals surface area contributed by atoms with E-state index in [0.29, 0.717) is 23.0 Å². The molecule has 0 saturated heterocycles. The van der Waals surface area contributed by atoms with Gasteiger partial charge in [-0.15, -0.1) is 11.6 Å². The molecule has 5 heteroatoms. The van der Waals surface area contributed by atoms with Crippen molar-refractivity contribution in [2.24, 2.45) is 5.92 Å². The third-order valence-corrected chi connectivity index (χ3v) is 2.86. The molecular formula is C12H16Cl2N2O. The number of hydrogen-bond acceptors (Lipinski definition) is 2. The van der Waals surface area contributed by atoms with Crippen LogP contribution in [0.2, 0.25) is 5.02 Å². The molecule has 0 aliphatic heterocycles. The van der Waals surface area contributed by atoms with Gasteiger partial charge in [-0.1, -0.05) is 25.4 Å². The van der Waals surface area contributed by atoms with Crippen LogP contribution >= 0.6 is 23.2 Å². The Morgan fingerprint density at radius 1 is 1.53 bits per heavy atom. The molecule has 0 radical (unpaired) electrons. The molecule has 1 unspecified atom stereocenters. The molecule has 0 aliphatic rings. The Balaban J connectivity index is 2.48. The molecule has 17 heavy (non-hydrogen) atoms. The van der Waals surface area contributed by atoms with E-state index < -0.39 is 0 Å². The van der Waals surface area contributed by atoms with Crippen molar-refractivity contribution in [3.8, 4) is 0 Å². The van der Waals surface area contributed by atoms with E-state index >= 15 is 0 Å². The molecule has 1 aromatic rings. The summed E-state index contributed by atoms with van der Waals surface area (Å²) in [7, 11) is 0. The summed E-state index contributed by atoms with van der Waals surface area (Å²) in [6.45, 7) is 4.63. The lowest BCUT2D eigenvalue weighted by Crippen LogP contribution is -2.30. The quantitative estimate of drug-likeness (QED) is 0.839. The van der Waals surface area contributed by atoms with Gasteiger partial charge in [0.15, 0.2) is 0 Å². The lowest BCUT2D eigenvalue weighted by Gasteiger charge is -2.13. The van der Waals surface area contributed by atoms with Crippen LogP contribution in [0.1, 0.15) is 30.6 Å². The van der Waals surface area contributed by atoms with Crippen LogP contribution in [0.3, 0.4) is 0 Å². The predicted molar refractivity (Wildman–Crippen MR) is 70.7 cm³/mol. The van der Waals surface area contributed by atoms with Crippen molar-refractivity contribution in [1.82, 2.24) is 10.3 Å². The molecule has 94 valence electrons. The van der Waals surface area contributed by atoms with Crippen molar-refractivity contribution < 1.29 is 4.79 Å². The first-order chi connectivity index (χ1) is 8.00. The summed E-state index contributed by atoms with van der Waals surface area (Å²) in [4.78, 5) is 15.6. The van der Waals surface area contributed by atoms with E-state index in [0.717, 1.165) is 6.42 Å². The topological polar surface area (TPSA) is 42.0 Å². The smallest absolute Gasteiger partial charge is 0.252 e. The summed E-state index contributed by atoms with van der Waals surface area (Å²) < 4.78 is 0. The first-order valence-electron chi connectivity index (χ1n) is 5.52. The number of pyridine rings is 1. The Kier molecular flexibility index (Phi) is 5.72. The first kappa shape index (κ1) is 14.3. The van der Waals surface area contributed by atoms with E-state index in [1.54, 1.807) is 6.07 Å². The lowest BCUT2D eigenvalue weighted by molar-refractivity contribution is 0.0953. The average Bonchev–Trinajstić information content (AvgIpc) is 2.25. The monoisotopic (exact) mass is 274 g/mol. The van der Waals surface area contributed by atoms with Crippen molar-refractivity contribution in [2.45, 2.75) is 25.6 Å². The number of alkyl halides is 1. The number of aromatic nitrogens is 1. The summed E-state index contributed by atoms with van der Waals surface area (Å²) in [5.41, 5.74) is 0.426. The highest BCUT2D eigenvalue weighted by Gasteiger charge is 2.12. The number of amides is 1. The zero-order valence-electron chi connectivity index (χ0n) is 9.91. The maximum atomic E-state index is 11.8. The summed E-state index contributed by atoms with van der Waals surface area (Å²) >= 11 is 11.9. The molecule has 1 aromatic heterocycles. The molecule has 0 aromatic carbocycles. The maximum Gasteiger partial charge on any atom is 0.252 e. The van der Waals surface area contributed by atoms with Crippen LogP contribution in [0.4, 0.5) is 0 Å². The molecule has 0 spiro atoms. The molecule has 1 heterocycles. The molecule has 3 nitrogen and oxygen atoms in total. The Bertz CT molecular complexity index is 383. The number of nitrogens with one attached hydrogen (secondary N) is 1. The molecule has 0 aliphatic carbocycles. The molecular weight excluding hydrogens is 259 g/mol. The molecule has 1 rings (SSSR count). The maximum absolute atomic E-state index is 11.8. The van der Waals surface area contributed by atoms with Crippen LogP contribution in [-0.4, -0.2) is 22.8 Å². The molecule has 0 bridgehead atoms. The summed E-state index contributed by atoms with van der Waals surface area (Å²) in [5, 5.41) is 3.05. The van der Waals surface area contributed by atoms with Crippen LogP contribution in [-0.2, 0) is 0 Å². The van der Waals surface area contributed by atoms with E-state index in [-0.39, 0.29) is 11.3 Å². The molecule has 0 saturated carbocycles. The Morgan fingerprint density at radius 2 is 2.24 bits per heavy atom. The van der Waals surface area contributed by atoms with Gasteiger partial charge >= 0.3 is 0 Å². The Hall–Kier alpha value is -0.800. The van der Waals surface area contributed by atoms with Crippen molar-refractivity contribution in [1.29, 1.82) is 0 Å². The number of rotatable bonds is 5. The van der Waals surface area contributed by atoms with Gasteiger partial charge in [0.2, 0.25) is 0 Å². The van der Waals surface area contributed by atoms with Gasteiger partial charge in [0.05, 0.1) is 16.0 Å². The van der Waals surface area contributed by atoms with Gasteiger partial charge in [0, 0.05) is 18.9 Å². The third-order valence-electron chi connectivity index (χ3n) is 2.23. The second-order valence-corrected chi connectivity index (χ2v) is 5.32. The highest BCUT2D eigenvalue weighted by atomic mass is 35.5. The average molecular weight is 275 g/mol. The van der Waals surface area contributed by atoms with E-state index in [1.807, 2.05) is 0 Å². The van der Waals surface area contributed by atoms with Gasteiger partial charge in [0.25, 0.3) is 5.91 Å². The van der Waals surface area contributed by atoms with E-state index in [4.69, 9.17) is 23.2 Å². The fourth-order valence-corrected chi connectivity index (χ4v) is 2.09. The van der Waals surface area contributed by atoms with Crippen molar-refractivity contribution in [3.63, 3.8) is 0 Å². The van der Waals surface area contributed by atoms with Crippen LogP contribution in [0.25, 0.3) is 0 Å². The van der Waals surface area contributed by atoms with E-state index in [9.17, 15) is 4.79 Å². The summed E-state index contributed by atoms with van der Waals surface area (Å²) in [6.07, 6.45) is 3.85. The number of halogens is 2. The summed E-state index contributed by atoms with van der Waals surface area (Å²) in [5.74, 6) is 0.297. The van der Waals surface area contributed by atoms with Gasteiger partial charge < -0.3 is 5.32 Å². The second-order valence-electron chi connectivity index (χ2n) is 4.29. The first-order valence-corrected chi connectivity index (χ1v) is 6.34. The highest BCUT2D eigenvalue weighted by Crippen LogP contribution is 2.14. The minimum atomic E-state index is -0.216. The van der Waals surface area contributed by atoms with Gasteiger partial charge in [-0.2, -0.15) is 0 Å². The normalized spacial score (nSPS) is 12.5. The molecule has 1 N–H and O–H groups in total. The predicted octanol–water partition coefficient (Wildman–Crippen LogP) is 3.12. The second kappa shape index (κ2) is 6.82. The fraction of sp³-hybridized carbons (Fsp3) is 0.500. The van der Waals surface area contributed by atoms with Crippen molar-refractivity contribution in [2.75, 3.05) is 6.54 Å². The Labute approximate surface area is 112 Å². The van der Waals surface area contributed by atoms with Gasteiger partial charge in [-0.05, 0) is 18.4 Å². The van der Waals surface area contributed by atoms with Crippen LogP contribution in [0, 0.1) is 5.92 Å². The van der Waals surface area contributed by atoms with Crippen LogP contribution in [0.15, 0.2) is 18.5 Å². The zero-order chi connectivity index (χ0) is 12.8. The highest BCUT2D eigenvalue weighted by molar-refractivity contribution is 6.33. The summed E-state index contributed by atoms with van der Waals surface area (Å²) in [6, 6.07) is 1.59. The molecule has 1 amide bonds.